The highest BCUT2D eigenvalue weighted by atomic mass is 32.1. The molecule has 2 heterocycles. The number of fused-ring (bicyclic) bond motifs is 1. The molecule has 0 saturated heterocycles. The lowest BCUT2D eigenvalue weighted by Crippen LogP contribution is -2.13. The van der Waals surface area contributed by atoms with Gasteiger partial charge in [-0.1, -0.05) is 18.2 Å². The molecule has 3 rings (SSSR count). The quantitative estimate of drug-likeness (QED) is 0.755. The van der Waals surface area contributed by atoms with Gasteiger partial charge in [-0.25, -0.2) is 4.98 Å². The predicted octanol–water partition coefficient (Wildman–Crippen LogP) is 2.32. The number of aromatic nitrogens is 2. The lowest BCUT2D eigenvalue weighted by Gasteiger charge is -1.93. The number of para-hydroxylation sites is 1. The van der Waals surface area contributed by atoms with Gasteiger partial charge in [-0.3, -0.25) is 4.79 Å². The van der Waals surface area contributed by atoms with Crippen molar-refractivity contribution >= 4 is 28.1 Å². The van der Waals surface area contributed by atoms with Crippen molar-refractivity contribution in [1.82, 2.24) is 9.97 Å². The van der Waals surface area contributed by atoms with E-state index in [0.29, 0.717) is 0 Å². The zero-order valence-electron chi connectivity index (χ0n) is 9.51. The summed E-state index contributed by atoms with van der Waals surface area (Å²) in [5.41, 5.74) is 8.18. The number of carbonyl (C=O) groups is 1. The fraction of sp³-hybridized carbons (Fsp3) is 0.0769. The number of amides is 1. The number of primary amides is 1. The van der Waals surface area contributed by atoms with Crippen LogP contribution in [0.4, 0.5) is 0 Å². The first-order chi connectivity index (χ1) is 8.74. The third-order valence-electron chi connectivity index (χ3n) is 2.74. The Morgan fingerprint density at radius 2 is 2.22 bits per heavy atom. The number of hydrogen-bond donors (Lipinski definition) is 2. The van der Waals surface area contributed by atoms with Crippen LogP contribution in [0.15, 0.2) is 35.8 Å². The van der Waals surface area contributed by atoms with Crippen LogP contribution in [0.5, 0.6) is 0 Å². The Morgan fingerprint density at radius 3 is 3.06 bits per heavy atom. The van der Waals surface area contributed by atoms with Gasteiger partial charge in [-0.2, -0.15) is 0 Å². The minimum Gasteiger partial charge on any atom is -0.369 e. The van der Waals surface area contributed by atoms with Crippen molar-refractivity contribution in [1.29, 1.82) is 0 Å². The summed E-state index contributed by atoms with van der Waals surface area (Å²) in [5, 5.41) is 3.84. The van der Waals surface area contributed by atoms with E-state index in [1.54, 1.807) is 0 Å². The third-order valence-corrected chi connectivity index (χ3v) is 3.59. The Morgan fingerprint density at radius 1 is 1.39 bits per heavy atom. The highest BCUT2D eigenvalue weighted by Crippen LogP contribution is 2.29. The molecule has 0 bridgehead atoms. The van der Waals surface area contributed by atoms with Crippen molar-refractivity contribution < 1.29 is 4.79 Å². The first-order valence-corrected chi connectivity index (χ1v) is 6.41. The zero-order valence-corrected chi connectivity index (χ0v) is 10.3. The van der Waals surface area contributed by atoms with Crippen LogP contribution in [0.2, 0.25) is 0 Å². The van der Waals surface area contributed by atoms with Crippen LogP contribution >= 0.6 is 11.3 Å². The number of nitrogens with one attached hydrogen (secondary N) is 1. The summed E-state index contributed by atoms with van der Waals surface area (Å²) in [6, 6.07) is 8.06. The normalized spacial score (nSPS) is 10.9. The van der Waals surface area contributed by atoms with Crippen molar-refractivity contribution in [3.05, 3.63) is 40.8 Å². The van der Waals surface area contributed by atoms with Crippen LogP contribution in [0.3, 0.4) is 0 Å². The number of carbonyl (C=O) groups excluding carboxylic acids is 1. The standard InChI is InChI=1S/C13H11N3OS/c14-12(17)5-13-16-11(7-18-13)9-6-15-10-4-2-1-3-8(9)10/h1-4,6-7,15H,5H2,(H2,14,17). The number of aromatic amines is 1. The number of thiazole rings is 1. The van der Waals surface area contributed by atoms with Crippen molar-refractivity contribution in [2.45, 2.75) is 6.42 Å². The van der Waals surface area contributed by atoms with Gasteiger partial charge < -0.3 is 10.7 Å². The molecule has 0 aliphatic rings. The topological polar surface area (TPSA) is 71.8 Å². The molecule has 0 atom stereocenters. The molecule has 0 unspecified atom stereocenters. The molecule has 5 heteroatoms. The van der Waals surface area contributed by atoms with Crippen LogP contribution in [0.25, 0.3) is 22.2 Å². The van der Waals surface area contributed by atoms with Gasteiger partial charge in [0.15, 0.2) is 0 Å². The molecule has 2 aromatic heterocycles. The maximum Gasteiger partial charge on any atom is 0.224 e. The van der Waals surface area contributed by atoms with Gasteiger partial charge in [-0.05, 0) is 6.07 Å². The molecule has 0 radical (unpaired) electrons. The third kappa shape index (κ3) is 1.89. The molecular weight excluding hydrogens is 246 g/mol. The Bertz CT molecular complexity index is 714. The molecule has 0 aliphatic heterocycles. The Labute approximate surface area is 107 Å². The molecule has 0 spiro atoms. The first-order valence-electron chi connectivity index (χ1n) is 5.53. The van der Waals surface area contributed by atoms with Crippen LogP contribution in [0, 0.1) is 0 Å². The number of rotatable bonds is 3. The highest BCUT2D eigenvalue weighted by molar-refractivity contribution is 7.10. The minimum absolute atomic E-state index is 0.201. The average Bonchev–Trinajstić information content (AvgIpc) is 2.94. The fourth-order valence-corrected chi connectivity index (χ4v) is 2.75. The number of nitrogens with zero attached hydrogens (tertiary/aromatic N) is 1. The van der Waals surface area contributed by atoms with Crippen molar-refractivity contribution in [3.8, 4) is 11.3 Å². The molecule has 4 nitrogen and oxygen atoms in total. The molecule has 0 fully saturated rings. The molecule has 1 aromatic carbocycles. The Hall–Kier alpha value is -2.14. The second-order valence-corrected chi connectivity index (χ2v) is 4.96. The fourth-order valence-electron chi connectivity index (χ4n) is 1.95. The van der Waals surface area contributed by atoms with E-state index in [0.717, 1.165) is 27.2 Å². The maximum absolute atomic E-state index is 10.9. The van der Waals surface area contributed by atoms with Crippen molar-refractivity contribution in [2.75, 3.05) is 0 Å². The number of H-pyrrole nitrogens is 1. The van der Waals surface area contributed by atoms with E-state index in [4.69, 9.17) is 5.73 Å². The molecule has 90 valence electrons. The Kier molecular flexibility index (Phi) is 2.60. The van der Waals surface area contributed by atoms with Crippen molar-refractivity contribution in [2.24, 2.45) is 5.73 Å². The zero-order chi connectivity index (χ0) is 12.5. The van der Waals surface area contributed by atoms with Gasteiger partial charge in [0.2, 0.25) is 5.91 Å². The summed E-state index contributed by atoms with van der Waals surface area (Å²) in [6.07, 6.45) is 2.14. The second-order valence-electron chi connectivity index (χ2n) is 4.02. The summed E-state index contributed by atoms with van der Waals surface area (Å²) >= 11 is 1.46. The van der Waals surface area contributed by atoms with Crippen LogP contribution < -0.4 is 5.73 Å². The van der Waals surface area contributed by atoms with E-state index in [1.807, 2.05) is 35.8 Å². The summed E-state index contributed by atoms with van der Waals surface area (Å²) in [4.78, 5) is 18.5. The average molecular weight is 257 g/mol. The largest absolute Gasteiger partial charge is 0.369 e. The predicted molar refractivity (Wildman–Crippen MR) is 72.3 cm³/mol. The first kappa shape index (κ1) is 11.0. The van der Waals surface area contributed by atoms with Gasteiger partial charge in [0.25, 0.3) is 0 Å². The summed E-state index contributed by atoms with van der Waals surface area (Å²) in [6.45, 7) is 0. The van der Waals surface area contributed by atoms with E-state index in [1.165, 1.54) is 11.3 Å². The minimum atomic E-state index is -0.352. The molecule has 1 amide bonds. The number of nitrogens with two attached hydrogens (primary N) is 1. The van der Waals surface area contributed by atoms with Gasteiger partial charge >= 0.3 is 0 Å². The monoisotopic (exact) mass is 257 g/mol. The molecule has 3 N–H and O–H groups in total. The molecule has 3 aromatic rings. The smallest absolute Gasteiger partial charge is 0.224 e. The molecular formula is C13H11N3OS. The van der Waals surface area contributed by atoms with Gasteiger partial charge in [-0.15, -0.1) is 11.3 Å². The second kappa shape index (κ2) is 4.27. The van der Waals surface area contributed by atoms with E-state index in [2.05, 4.69) is 9.97 Å². The number of benzene rings is 1. The summed E-state index contributed by atoms with van der Waals surface area (Å²) < 4.78 is 0. The van der Waals surface area contributed by atoms with E-state index in [-0.39, 0.29) is 12.3 Å². The molecule has 0 aliphatic carbocycles. The SMILES string of the molecule is NC(=O)Cc1nc(-c2c[nH]c3ccccc23)cs1. The van der Waals surface area contributed by atoms with E-state index in [9.17, 15) is 4.79 Å². The summed E-state index contributed by atoms with van der Waals surface area (Å²) in [7, 11) is 0. The van der Waals surface area contributed by atoms with Crippen molar-refractivity contribution in [3.63, 3.8) is 0 Å². The van der Waals surface area contributed by atoms with Crippen LogP contribution in [0.1, 0.15) is 5.01 Å². The van der Waals surface area contributed by atoms with Crippen LogP contribution in [-0.4, -0.2) is 15.9 Å². The lowest BCUT2D eigenvalue weighted by atomic mass is 10.1. The van der Waals surface area contributed by atoms with Gasteiger partial charge in [0.05, 0.1) is 12.1 Å². The highest BCUT2D eigenvalue weighted by Gasteiger charge is 2.10. The number of hydrogen-bond acceptors (Lipinski definition) is 3. The summed E-state index contributed by atoms with van der Waals surface area (Å²) in [5.74, 6) is -0.352. The molecule has 18 heavy (non-hydrogen) atoms. The van der Waals surface area contributed by atoms with Crippen LogP contribution in [-0.2, 0) is 11.2 Å². The lowest BCUT2D eigenvalue weighted by molar-refractivity contribution is -0.117. The van der Waals surface area contributed by atoms with Gasteiger partial charge in [0, 0.05) is 28.0 Å². The Balaban J connectivity index is 2.04. The van der Waals surface area contributed by atoms with E-state index < -0.39 is 0 Å². The van der Waals surface area contributed by atoms with Gasteiger partial charge in [0.1, 0.15) is 5.01 Å². The van der Waals surface area contributed by atoms with E-state index >= 15 is 0 Å². The molecule has 0 saturated carbocycles. The maximum atomic E-state index is 10.9.